The summed E-state index contributed by atoms with van der Waals surface area (Å²) in [6.45, 7) is 1.95. The van der Waals surface area contributed by atoms with Gasteiger partial charge in [0.05, 0.1) is 7.11 Å². The van der Waals surface area contributed by atoms with Crippen molar-refractivity contribution in [2.75, 3.05) is 19.4 Å². The van der Waals surface area contributed by atoms with Crippen molar-refractivity contribution < 1.29 is 4.74 Å². The number of nitrogens with one attached hydrogen (secondary N) is 1. The third-order valence-corrected chi connectivity index (χ3v) is 5.24. The molecular weight excluding hydrogens is 342 g/mol. The van der Waals surface area contributed by atoms with E-state index < -0.39 is 0 Å². The van der Waals surface area contributed by atoms with Crippen LogP contribution in [0.3, 0.4) is 0 Å². The molecule has 0 radical (unpaired) electrons. The Morgan fingerprint density at radius 1 is 1.32 bits per heavy atom. The number of thioether (sulfide) groups is 1. The van der Waals surface area contributed by atoms with E-state index in [-0.39, 0.29) is 0 Å². The van der Waals surface area contributed by atoms with Crippen molar-refractivity contribution in [2.45, 2.75) is 11.4 Å². The van der Waals surface area contributed by atoms with Gasteiger partial charge in [-0.1, -0.05) is 0 Å². The summed E-state index contributed by atoms with van der Waals surface area (Å²) < 4.78 is 6.31. The molecule has 1 N–H and O–H groups in total. The Labute approximate surface area is 130 Å². The van der Waals surface area contributed by atoms with E-state index in [4.69, 9.17) is 4.74 Å². The van der Waals surface area contributed by atoms with Crippen LogP contribution >= 0.6 is 39.0 Å². The fourth-order valence-corrected chi connectivity index (χ4v) is 3.80. The third-order valence-electron chi connectivity index (χ3n) is 2.53. The minimum absolute atomic E-state index is 0.908. The normalized spacial score (nSPS) is 10.6. The molecule has 2 aromatic rings. The van der Waals surface area contributed by atoms with Crippen molar-refractivity contribution in [2.24, 2.45) is 0 Å². The summed E-state index contributed by atoms with van der Waals surface area (Å²) >= 11 is 7.10. The molecule has 1 heterocycles. The molecule has 19 heavy (non-hydrogen) atoms. The van der Waals surface area contributed by atoms with Crippen LogP contribution in [0.4, 0.5) is 0 Å². The van der Waals surface area contributed by atoms with E-state index in [1.54, 1.807) is 18.4 Å². The average Bonchev–Trinajstić information content (AvgIpc) is 2.85. The Bertz CT molecular complexity index is 498. The predicted octanol–water partition coefficient (Wildman–Crippen LogP) is 4.40. The predicted molar refractivity (Wildman–Crippen MR) is 87.4 cm³/mol. The first-order valence-electron chi connectivity index (χ1n) is 5.98. The number of hydrogen-bond donors (Lipinski definition) is 1. The molecular formula is C14H16BrNOS2. The van der Waals surface area contributed by atoms with E-state index in [1.807, 2.05) is 23.9 Å². The molecule has 0 amide bonds. The Morgan fingerprint density at radius 2 is 2.11 bits per heavy atom. The minimum atomic E-state index is 0.908. The van der Waals surface area contributed by atoms with Crippen LogP contribution in [0.2, 0.25) is 0 Å². The maximum absolute atomic E-state index is 5.14. The van der Waals surface area contributed by atoms with Crippen LogP contribution in [-0.2, 0) is 6.54 Å². The monoisotopic (exact) mass is 357 g/mol. The van der Waals surface area contributed by atoms with Crippen LogP contribution in [0.25, 0.3) is 0 Å². The highest BCUT2D eigenvalue weighted by atomic mass is 79.9. The van der Waals surface area contributed by atoms with Crippen molar-refractivity contribution in [3.8, 4) is 5.75 Å². The molecule has 0 atom stereocenters. The van der Waals surface area contributed by atoms with Gasteiger partial charge in [-0.25, -0.2) is 0 Å². The van der Waals surface area contributed by atoms with Crippen LogP contribution in [0.1, 0.15) is 4.88 Å². The fraction of sp³-hybridized carbons (Fsp3) is 0.286. The fourth-order valence-electron chi connectivity index (χ4n) is 1.57. The van der Waals surface area contributed by atoms with Gasteiger partial charge in [-0.05, 0) is 46.3 Å². The zero-order valence-corrected chi connectivity index (χ0v) is 13.9. The SMILES string of the molecule is COc1ccc(SCCNCc2cc(Br)cs2)cc1. The van der Waals surface area contributed by atoms with Gasteiger partial charge in [-0.3, -0.25) is 0 Å². The summed E-state index contributed by atoms with van der Waals surface area (Å²) in [6.07, 6.45) is 0. The topological polar surface area (TPSA) is 21.3 Å². The maximum atomic E-state index is 5.14. The number of benzene rings is 1. The molecule has 1 aromatic heterocycles. The molecule has 2 rings (SSSR count). The molecule has 0 unspecified atom stereocenters. The number of methoxy groups -OCH3 is 1. The van der Waals surface area contributed by atoms with E-state index >= 15 is 0 Å². The van der Waals surface area contributed by atoms with E-state index in [2.05, 4.69) is 44.8 Å². The van der Waals surface area contributed by atoms with Gasteiger partial charge < -0.3 is 10.1 Å². The molecule has 0 aliphatic carbocycles. The van der Waals surface area contributed by atoms with Gasteiger partial charge in [0.2, 0.25) is 0 Å². The van der Waals surface area contributed by atoms with Crippen molar-refractivity contribution in [3.05, 3.63) is 45.1 Å². The number of rotatable bonds is 7. The molecule has 102 valence electrons. The molecule has 0 saturated carbocycles. The lowest BCUT2D eigenvalue weighted by molar-refractivity contribution is 0.414. The first kappa shape index (κ1) is 14.9. The molecule has 2 nitrogen and oxygen atoms in total. The minimum Gasteiger partial charge on any atom is -0.497 e. The van der Waals surface area contributed by atoms with Crippen LogP contribution < -0.4 is 10.1 Å². The molecule has 0 aliphatic heterocycles. The van der Waals surface area contributed by atoms with Gasteiger partial charge >= 0.3 is 0 Å². The second-order valence-corrected chi connectivity index (χ2v) is 7.01. The van der Waals surface area contributed by atoms with E-state index in [9.17, 15) is 0 Å². The summed E-state index contributed by atoms with van der Waals surface area (Å²) in [5.74, 6) is 1.98. The second kappa shape index (κ2) is 7.94. The van der Waals surface area contributed by atoms with Crippen LogP contribution in [-0.4, -0.2) is 19.4 Å². The molecule has 1 aromatic carbocycles. The van der Waals surface area contributed by atoms with E-state index in [0.717, 1.165) is 24.6 Å². The maximum Gasteiger partial charge on any atom is 0.118 e. The van der Waals surface area contributed by atoms with Crippen molar-refractivity contribution in [1.29, 1.82) is 0 Å². The highest BCUT2D eigenvalue weighted by Crippen LogP contribution is 2.21. The quantitative estimate of drug-likeness (QED) is 0.586. The van der Waals surface area contributed by atoms with Crippen LogP contribution in [0, 0.1) is 0 Å². The average molecular weight is 358 g/mol. The van der Waals surface area contributed by atoms with Gasteiger partial charge in [-0.2, -0.15) is 0 Å². The number of hydrogen-bond acceptors (Lipinski definition) is 4. The summed E-state index contributed by atoms with van der Waals surface area (Å²) in [5, 5.41) is 5.57. The summed E-state index contributed by atoms with van der Waals surface area (Å²) in [7, 11) is 1.69. The molecule has 0 aliphatic rings. The number of thiophene rings is 1. The molecule has 0 spiro atoms. The Hall–Kier alpha value is -0.490. The van der Waals surface area contributed by atoms with Gasteiger partial charge in [0, 0.05) is 38.5 Å². The van der Waals surface area contributed by atoms with Crippen LogP contribution in [0.15, 0.2) is 45.1 Å². The molecule has 5 heteroatoms. The third kappa shape index (κ3) is 5.18. The zero-order chi connectivity index (χ0) is 13.5. The standard InChI is InChI=1S/C14H16BrNOS2/c1-17-12-2-4-13(5-3-12)18-7-6-16-9-14-8-11(15)10-19-14/h2-5,8,10,16H,6-7,9H2,1H3. The van der Waals surface area contributed by atoms with Gasteiger partial charge in [0.1, 0.15) is 5.75 Å². The Balaban J connectivity index is 1.63. The van der Waals surface area contributed by atoms with Crippen molar-refractivity contribution >= 4 is 39.0 Å². The Morgan fingerprint density at radius 3 is 2.74 bits per heavy atom. The molecule has 0 saturated heterocycles. The molecule has 0 bridgehead atoms. The second-order valence-electron chi connectivity index (χ2n) is 3.93. The molecule has 0 fully saturated rings. The van der Waals surface area contributed by atoms with Crippen molar-refractivity contribution in [3.63, 3.8) is 0 Å². The lowest BCUT2D eigenvalue weighted by Gasteiger charge is -2.04. The summed E-state index contributed by atoms with van der Waals surface area (Å²) in [6, 6.07) is 10.4. The van der Waals surface area contributed by atoms with E-state index in [0.29, 0.717) is 0 Å². The highest BCUT2D eigenvalue weighted by molar-refractivity contribution is 9.10. The first-order valence-corrected chi connectivity index (χ1v) is 8.64. The van der Waals surface area contributed by atoms with Gasteiger partial charge in [0.25, 0.3) is 0 Å². The zero-order valence-electron chi connectivity index (χ0n) is 10.7. The summed E-state index contributed by atoms with van der Waals surface area (Å²) in [5.41, 5.74) is 0. The number of ether oxygens (including phenoxy) is 1. The lowest BCUT2D eigenvalue weighted by atomic mass is 10.3. The highest BCUT2D eigenvalue weighted by Gasteiger charge is 1.98. The smallest absolute Gasteiger partial charge is 0.118 e. The lowest BCUT2D eigenvalue weighted by Crippen LogP contribution is -2.15. The van der Waals surface area contributed by atoms with Crippen LogP contribution in [0.5, 0.6) is 5.75 Å². The van der Waals surface area contributed by atoms with E-state index in [1.165, 1.54) is 14.2 Å². The largest absolute Gasteiger partial charge is 0.497 e. The van der Waals surface area contributed by atoms with Gasteiger partial charge in [-0.15, -0.1) is 23.1 Å². The summed E-state index contributed by atoms with van der Waals surface area (Å²) in [4.78, 5) is 2.64. The first-order chi connectivity index (χ1) is 9.28. The Kier molecular flexibility index (Phi) is 6.23. The van der Waals surface area contributed by atoms with Crippen molar-refractivity contribution in [1.82, 2.24) is 5.32 Å². The van der Waals surface area contributed by atoms with Gasteiger partial charge in [0.15, 0.2) is 0 Å². The number of halogens is 1.